The van der Waals surface area contributed by atoms with Crippen LogP contribution in [0.5, 0.6) is 5.75 Å². The number of anilines is 1. The Morgan fingerprint density at radius 1 is 1.07 bits per heavy atom. The monoisotopic (exact) mass is 401 g/mol. The summed E-state index contributed by atoms with van der Waals surface area (Å²) in [5.74, 6) is 1.71. The molecule has 4 aromatic rings. The molecule has 0 saturated heterocycles. The van der Waals surface area contributed by atoms with E-state index in [-0.39, 0.29) is 18.3 Å². The van der Waals surface area contributed by atoms with E-state index in [9.17, 15) is 4.79 Å². The first kappa shape index (κ1) is 19.5. The maximum Gasteiger partial charge on any atom is 0.292 e. The first-order chi connectivity index (χ1) is 14.6. The number of aromatic nitrogens is 2. The van der Waals surface area contributed by atoms with Gasteiger partial charge in [0.1, 0.15) is 18.1 Å². The Morgan fingerprint density at radius 3 is 2.77 bits per heavy atom. The van der Waals surface area contributed by atoms with Crippen LogP contribution >= 0.6 is 0 Å². The topological polar surface area (TPSA) is 69.3 Å². The normalized spacial score (nSPS) is 10.7. The molecule has 0 aliphatic carbocycles. The number of amides is 1. The Labute approximate surface area is 175 Å². The van der Waals surface area contributed by atoms with E-state index >= 15 is 0 Å². The lowest BCUT2D eigenvalue weighted by Gasteiger charge is -2.06. The number of furan rings is 1. The smallest absolute Gasteiger partial charge is 0.292 e. The van der Waals surface area contributed by atoms with Crippen molar-refractivity contribution in [1.82, 2.24) is 9.78 Å². The van der Waals surface area contributed by atoms with Crippen molar-refractivity contribution in [1.29, 1.82) is 0 Å². The second-order valence-corrected chi connectivity index (χ2v) is 7.16. The molecule has 6 heteroatoms. The first-order valence-corrected chi connectivity index (χ1v) is 9.74. The van der Waals surface area contributed by atoms with Crippen LogP contribution in [-0.2, 0) is 13.2 Å². The summed E-state index contributed by atoms with van der Waals surface area (Å²) in [4.78, 5) is 12.5. The number of hydrogen-bond acceptors (Lipinski definition) is 4. The lowest BCUT2D eigenvalue weighted by molar-refractivity contribution is 0.0992. The van der Waals surface area contributed by atoms with E-state index in [1.54, 1.807) is 22.9 Å². The van der Waals surface area contributed by atoms with Crippen LogP contribution < -0.4 is 10.1 Å². The summed E-state index contributed by atoms with van der Waals surface area (Å²) in [5.41, 5.74) is 3.40. The first-order valence-electron chi connectivity index (χ1n) is 9.74. The van der Waals surface area contributed by atoms with E-state index in [0.29, 0.717) is 18.1 Å². The van der Waals surface area contributed by atoms with Gasteiger partial charge in [0.2, 0.25) is 0 Å². The van der Waals surface area contributed by atoms with Gasteiger partial charge in [0, 0.05) is 12.3 Å². The van der Waals surface area contributed by atoms with Crippen LogP contribution in [0.4, 0.5) is 5.82 Å². The minimum absolute atomic E-state index is 0.214. The number of ether oxygens (including phenoxy) is 1. The van der Waals surface area contributed by atoms with E-state index < -0.39 is 0 Å². The van der Waals surface area contributed by atoms with Crippen molar-refractivity contribution in [2.24, 2.45) is 0 Å². The predicted octanol–water partition coefficient (Wildman–Crippen LogP) is 4.97. The quantitative estimate of drug-likeness (QED) is 0.475. The molecule has 2 heterocycles. The van der Waals surface area contributed by atoms with Gasteiger partial charge >= 0.3 is 0 Å². The zero-order valence-corrected chi connectivity index (χ0v) is 17.0. The summed E-state index contributed by atoms with van der Waals surface area (Å²) in [7, 11) is 0. The molecule has 0 unspecified atom stereocenters. The molecule has 2 aromatic heterocycles. The Balaban J connectivity index is 1.34. The summed E-state index contributed by atoms with van der Waals surface area (Å²) < 4.78 is 13.2. The summed E-state index contributed by atoms with van der Waals surface area (Å²) >= 11 is 0. The molecule has 0 saturated carbocycles. The summed E-state index contributed by atoms with van der Waals surface area (Å²) in [6.45, 7) is 4.93. The summed E-state index contributed by atoms with van der Waals surface area (Å²) in [5, 5.41) is 7.18. The van der Waals surface area contributed by atoms with Crippen LogP contribution in [-0.4, -0.2) is 15.7 Å². The highest BCUT2D eigenvalue weighted by Crippen LogP contribution is 2.19. The molecule has 4 rings (SSSR count). The van der Waals surface area contributed by atoms with Crippen molar-refractivity contribution in [2.75, 3.05) is 5.32 Å². The predicted molar refractivity (Wildman–Crippen MR) is 115 cm³/mol. The number of rotatable bonds is 7. The molecule has 1 amide bonds. The van der Waals surface area contributed by atoms with Gasteiger partial charge in [0.25, 0.3) is 5.91 Å². The van der Waals surface area contributed by atoms with E-state index in [1.165, 1.54) is 5.56 Å². The Morgan fingerprint density at radius 2 is 1.93 bits per heavy atom. The molecular weight excluding hydrogens is 378 g/mol. The lowest BCUT2D eigenvalue weighted by atomic mass is 10.1. The van der Waals surface area contributed by atoms with Crippen molar-refractivity contribution in [3.05, 3.63) is 101 Å². The van der Waals surface area contributed by atoms with Crippen molar-refractivity contribution >= 4 is 11.7 Å². The number of nitrogens with zero attached hydrogens (tertiary/aromatic N) is 2. The number of aryl methyl sites for hydroxylation is 2. The van der Waals surface area contributed by atoms with Gasteiger partial charge < -0.3 is 14.5 Å². The van der Waals surface area contributed by atoms with Gasteiger partial charge in [-0.1, -0.05) is 48.0 Å². The van der Waals surface area contributed by atoms with Crippen LogP contribution in [0.1, 0.15) is 33.0 Å². The molecule has 6 nitrogen and oxygen atoms in total. The number of carbonyl (C=O) groups excluding carboxylic acids is 1. The van der Waals surface area contributed by atoms with Crippen molar-refractivity contribution < 1.29 is 13.9 Å². The second kappa shape index (κ2) is 8.69. The number of carbonyl (C=O) groups is 1. The number of nitrogens with one attached hydrogen (secondary N) is 1. The lowest BCUT2D eigenvalue weighted by Crippen LogP contribution is -2.12. The van der Waals surface area contributed by atoms with Crippen molar-refractivity contribution in [2.45, 2.75) is 27.0 Å². The second-order valence-electron chi connectivity index (χ2n) is 7.16. The van der Waals surface area contributed by atoms with Gasteiger partial charge in [-0.3, -0.25) is 9.48 Å². The highest BCUT2D eigenvalue weighted by Gasteiger charge is 2.13. The van der Waals surface area contributed by atoms with Gasteiger partial charge in [-0.05, 0) is 43.2 Å². The summed E-state index contributed by atoms with van der Waals surface area (Å²) in [6.07, 6.45) is 1.83. The van der Waals surface area contributed by atoms with Gasteiger partial charge in [0.15, 0.2) is 11.6 Å². The van der Waals surface area contributed by atoms with E-state index in [4.69, 9.17) is 9.15 Å². The maximum absolute atomic E-state index is 12.5. The summed E-state index contributed by atoms with van der Waals surface area (Å²) in [6, 6.07) is 21.1. The third kappa shape index (κ3) is 4.78. The van der Waals surface area contributed by atoms with Crippen LogP contribution in [0, 0.1) is 13.8 Å². The molecule has 0 fully saturated rings. The molecule has 0 spiro atoms. The minimum atomic E-state index is -0.349. The molecule has 30 heavy (non-hydrogen) atoms. The number of para-hydroxylation sites is 1. The molecule has 0 aliphatic rings. The van der Waals surface area contributed by atoms with E-state index in [0.717, 1.165) is 16.9 Å². The Kier molecular flexibility index (Phi) is 5.66. The Bertz CT molecular complexity index is 1160. The van der Waals surface area contributed by atoms with Crippen molar-refractivity contribution in [3.8, 4) is 5.75 Å². The van der Waals surface area contributed by atoms with Crippen molar-refractivity contribution in [3.63, 3.8) is 0 Å². The molecule has 152 valence electrons. The van der Waals surface area contributed by atoms with Gasteiger partial charge in [-0.15, -0.1) is 0 Å². The van der Waals surface area contributed by atoms with E-state index in [1.807, 2.05) is 43.5 Å². The number of benzene rings is 2. The van der Waals surface area contributed by atoms with Crippen LogP contribution in [0.3, 0.4) is 0 Å². The van der Waals surface area contributed by atoms with Gasteiger partial charge in [-0.2, -0.15) is 5.10 Å². The fourth-order valence-electron chi connectivity index (χ4n) is 3.14. The molecule has 0 atom stereocenters. The molecule has 0 aliphatic heterocycles. The molecule has 0 radical (unpaired) electrons. The highest BCUT2D eigenvalue weighted by atomic mass is 16.5. The maximum atomic E-state index is 12.5. The van der Waals surface area contributed by atoms with Crippen LogP contribution in [0.15, 0.2) is 77.3 Å². The fourth-order valence-corrected chi connectivity index (χ4v) is 3.14. The molecule has 2 aromatic carbocycles. The standard InChI is InChI=1S/C24H23N3O3/c1-17-6-5-8-19(14-17)15-27-13-12-23(26-27)25-24(28)22-11-10-20(30-22)16-29-21-9-4-3-7-18(21)2/h3-14H,15-16H2,1-2H3,(H,25,26,28). The van der Waals surface area contributed by atoms with Gasteiger partial charge in [-0.25, -0.2) is 0 Å². The zero-order valence-electron chi connectivity index (χ0n) is 17.0. The molecule has 0 bridgehead atoms. The average Bonchev–Trinajstić information content (AvgIpc) is 3.37. The third-order valence-corrected chi connectivity index (χ3v) is 4.66. The third-order valence-electron chi connectivity index (χ3n) is 4.66. The number of hydrogen-bond donors (Lipinski definition) is 1. The molecule has 1 N–H and O–H groups in total. The van der Waals surface area contributed by atoms with Gasteiger partial charge in [0.05, 0.1) is 6.54 Å². The SMILES string of the molecule is Cc1cccc(Cn2ccc(NC(=O)c3ccc(COc4ccccc4C)o3)n2)c1. The zero-order chi connectivity index (χ0) is 20.9. The fraction of sp³-hybridized carbons (Fsp3) is 0.167. The van der Waals surface area contributed by atoms with E-state index in [2.05, 4.69) is 35.5 Å². The highest BCUT2D eigenvalue weighted by molar-refractivity contribution is 6.01. The van der Waals surface area contributed by atoms with Crippen LogP contribution in [0.2, 0.25) is 0 Å². The van der Waals surface area contributed by atoms with Crippen LogP contribution in [0.25, 0.3) is 0 Å². The Hall–Kier alpha value is -3.80. The molecular formula is C24H23N3O3. The largest absolute Gasteiger partial charge is 0.485 e. The minimum Gasteiger partial charge on any atom is -0.485 e. The average molecular weight is 401 g/mol.